The second-order valence-corrected chi connectivity index (χ2v) is 9.18. The first-order valence-electron chi connectivity index (χ1n) is 12.1. The number of alkyl halides is 2. The van der Waals surface area contributed by atoms with Gasteiger partial charge in [-0.25, -0.2) is 18.6 Å². The van der Waals surface area contributed by atoms with Gasteiger partial charge in [0.15, 0.2) is 11.2 Å². The van der Waals surface area contributed by atoms with Crippen molar-refractivity contribution in [3.05, 3.63) is 113 Å². The quantitative estimate of drug-likeness (QED) is 0.227. The molecule has 200 valence electrons. The van der Waals surface area contributed by atoms with Gasteiger partial charge in [0.1, 0.15) is 16.9 Å². The highest BCUT2D eigenvalue weighted by Crippen LogP contribution is 2.31. The number of para-hydroxylation sites is 1. The van der Waals surface area contributed by atoms with Crippen LogP contribution in [0.2, 0.25) is 0 Å². The molecule has 0 aliphatic rings. The molecule has 0 bridgehead atoms. The fourth-order valence-electron chi connectivity index (χ4n) is 4.04. The fourth-order valence-corrected chi connectivity index (χ4v) is 4.04. The zero-order valence-corrected chi connectivity index (χ0v) is 21.6. The highest BCUT2D eigenvalue weighted by Gasteiger charge is 2.19. The van der Waals surface area contributed by atoms with Crippen molar-refractivity contribution in [3.8, 4) is 11.5 Å². The summed E-state index contributed by atoms with van der Waals surface area (Å²) in [7, 11) is 0. The predicted molar refractivity (Wildman–Crippen MR) is 148 cm³/mol. The van der Waals surface area contributed by atoms with E-state index in [1.807, 2.05) is 54.9 Å². The minimum absolute atomic E-state index is 0.161. The van der Waals surface area contributed by atoms with Crippen LogP contribution in [-0.4, -0.2) is 26.4 Å². The van der Waals surface area contributed by atoms with Crippen LogP contribution in [0.25, 0.3) is 28.1 Å². The summed E-state index contributed by atoms with van der Waals surface area (Å²) in [5, 5.41) is 13.3. The average Bonchev–Trinajstić information content (AvgIpc) is 3.33. The molecule has 39 heavy (non-hydrogen) atoms. The molecule has 3 heterocycles. The van der Waals surface area contributed by atoms with Gasteiger partial charge in [0.2, 0.25) is 0 Å². The largest absolute Gasteiger partial charge is 0.478 e. The Balaban J connectivity index is 0.000000531. The number of nitrogens with one attached hydrogen (secondary N) is 1. The number of hydrogen-bond donors (Lipinski definition) is 2. The number of fused-ring (bicyclic) bond motifs is 2. The fraction of sp³-hybridized carbons (Fsp3) is 0.167. The first-order valence-corrected chi connectivity index (χ1v) is 12.1. The number of halogens is 2. The monoisotopic (exact) mass is 531 g/mol. The third kappa shape index (κ3) is 6.20. The SMILES string of the molecule is C=CC(C)(F)F.Cc1cc(C(C)Nc2ccccc2C(=O)O)c2oc(-c3cn4ccccc4n3)cc(=O)c2c1. The van der Waals surface area contributed by atoms with Crippen LogP contribution in [-0.2, 0) is 0 Å². The Morgan fingerprint density at radius 2 is 1.87 bits per heavy atom. The highest BCUT2D eigenvalue weighted by molar-refractivity contribution is 5.94. The standard InChI is InChI=1S/C26H21N3O4.C4H6F2/c1-15-11-18(16(2)27-20-8-4-3-7-17(20)26(31)32)25-19(12-15)22(30)13-23(33-25)21-14-29-10-6-5-9-24(29)28-21;1-3-4(2,5)6/h3-14,16,27H,1-2H3,(H,31,32);3H,1H2,2H3. The van der Waals surface area contributed by atoms with Gasteiger partial charge in [-0.2, -0.15) is 0 Å². The van der Waals surface area contributed by atoms with Gasteiger partial charge in [0, 0.05) is 36.6 Å². The number of hydrogen-bond acceptors (Lipinski definition) is 5. The number of aryl methyl sites for hydroxylation is 1. The van der Waals surface area contributed by atoms with Crippen LogP contribution in [0.4, 0.5) is 14.5 Å². The van der Waals surface area contributed by atoms with Crippen LogP contribution < -0.4 is 10.7 Å². The lowest BCUT2D eigenvalue weighted by atomic mass is 10.0. The number of nitrogens with zero attached hydrogens (tertiary/aromatic N) is 2. The molecule has 0 radical (unpaired) electrons. The van der Waals surface area contributed by atoms with Crippen LogP contribution in [0.1, 0.15) is 41.4 Å². The van der Waals surface area contributed by atoms with Crippen molar-refractivity contribution in [3.63, 3.8) is 0 Å². The molecule has 0 aliphatic carbocycles. The van der Waals surface area contributed by atoms with Gasteiger partial charge >= 0.3 is 5.97 Å². The molecule has 0 saturated heterocycles. The second kappa shape index (κ2) is 10.9. The maximum atomic E-state index is 13.0. The number of rotatable bonds is 6. The summed E-state index contributed by atoms with van der Waals surface area (Å²) in [6.45, 7) is 7.49. The Labute approximate surface area is 223 Å². The Morgan fingerprint density at radius 3 is 2.54 bits per heavy atom. The second-order valence-electron chi connectivity index (χ2n) is 9.18. The average molecular weight is 532 g/mol. The summed E-state index contributed by atoms with van der Waals surface area (Å²) in [5.74, 6) is -3.33. The smallest absolute Gasteiger partial charge is 0.337 e. The van der Waals surface area contributed by atoms with E-state index in [9.17, 15) is 23.5 Å². The Hall–Kier alpha value is -4.79. The van der Waals surface area contributed by atoms with E-state index in [4.69, 9.17) is 4.42 Å². The third-order valence-corrected chi connectivity index (χ3v) is 5.97. The molecule has 0 saturated carbocycles. The number of carbonyl (C=O) groups is 1. The maximum absolute atomic E-state index is 13.0. The molecule has 0 amide bonds. The molecule has 0 aliphatic heterocycles. The zero-order chi connectivity index (χ0) is 28.3. The summed E-state index contributed by atoms with van der Waals surface area (Å²) in [6.07, 6.45) is 4.30. The summed E-state index contributed by atoms with van der Waals surface area (Å²) in [4.78, 5) is 29.2. The van der Waals surface area contributed by atoms with Crippen molar-refractivity contribution >= 4 is 28.3 Å². The van der Waals surface area contributed by atoms with Gasteiger partial charge in [-0.15, -0.1) is 0 Å². The normalized spacial score (nSPS) is 12.0. The predicted octanol–water partition coefficient (Wildman–Crippen LogP) is 7.12. The van der Waals surface area contributed by atoms with Crippen molar-refractivity contribution in [1.82, 2.24) is 9.38 Å². The van der Waals surface area contributed by atoms with Crippen molar-refractivity contribution < 1.29 is 23.1 Å². The Kier molecular flexibility index (Phi) is 7.62. The van der Waals surface area contributed by atoms with Gasteiger partial charge in [0.25, 0.3) is 5.92 Å². The molecule has 5 aromatic rings. The lowest BCUT2D eigenvalue weighted by Gasteiger charge is -2.19. The van der Waals surface area contributed by atoms with E-state index in [-0.39, 0.29) is 17.0 Å². The molecule has 3 aromatic heterocycles. The van der Waals surface area contributed by atoms with E-state index in [2.05, 4.69) is 16.9 Å². The Bertz CT molecular complexity index is 1700. The van der Waals surface area contributed by atoms with Crippen LogP contribution >= 0.6 is 0 Å². The first kappa shape index (κ1) is 27.3. The van der Waals surface area contributed by atoms with E-state index in [1.54, 1.807) is 30.3 Å². The van der Waals surface area contributed by atoms with E-state index in [1.165, 1.54) is 6.07 Å². The zero-order valence-electron chi connectivity index (χ0n) is 21.6. The number of aromatic nitrogens is 2. The molecular weight excluding hydrogens is 504 g/mol. The van der Waals surface area contributed by atoms with Gasteiger partial charge < -0.3 is 19.2 Å². The number of imidazole rings is 1. The molecular formula is C30H27F2N3O4. The van der Waals surface area contributed by atoms with Gasteiger partial charge in [-0.05, 0) is 55.8 Å². The van der Waals surface area contributed by atoms with Crippen molar-refractivity contribution in [1.29, 1.82) is 0 Å². The van der Waals surface area contributed by atoms with Crippen molar-refractivity contribution in [2.24, 2.45) is 0 Å². The van der Waals surface area contributed by atoms with Crippen LogP contribution in [0.3, 0.4) is 0 Å². The van der Waals surface area contributed by atoms with Crippen LogP contribution in [0.15, 0.2) is 94.9 Å². The molecule has 1 atom stereocenters. The molecule has 0 spiro atoms. The topological polar surface area (TPSA) is 96.8 Å². The number of carboxylic acid groups (broad SMARTS) is 1. The van der Waals surface area contributed by atoms with E-state index >= 15 is 0 Å². The lowest BCUT2D eigenvalue weighted by Crippen LogP contribution is -2.12. The van der Waals surface area contributed by atoms with E-state index in [0.717, 1.165) is 23.7 Å². The summed E-state index contributed by atoms with van der Waals surface area (Å²) < 4.78 is 30.8. The van der Waals surface area contributed by atoms with Gasteiger partial charge in [0.05, 0.1) is 17.0 Å². The number of benzene rings is 2. The van der Waals surface area contributed by atoms with Crippen LogP contribution in [0, 0.1) is 6.92 Å². The molecule has 2 N–H and O–H groups in total. The third-order valence-electron chi connectivity index (χ3n) is 5.97. The summed E-state index contributed by atoms with van der Waals surface area (Å²) in [5.41, 5.74) is 3.93. The van der Waals surface area contributed by atoms with Crippen LogP contribution in [0.5, 0.6) is 0 Å². The molecule has 2 aromatic carbocycles. The summed E-state index contributed by atoms with van der Waals surface area (Å²) >= 11 is 0. The maximum Gasteiger partial charge on any atom is 0.337 e. The Morgan fingerprint density at radius 1 is 1.18 bits per heavy atom. The van der Waals surface area contributed by atoms with E-state index in [0.29, 0.717) is 34.2 Å². The number of anilines is 1. The first-order chi connectivity index (χ1) is 18.5. The number of allylic oxidation sites excluding steroid dienone is 1. The lowest BCUT2D eigenvalue weighted by molar-refractivity contribution is 0.0697. The molecule has 1 unspecified atom stereocenters. The summed E-state index contributed by atoms with van der Waals surface area (Å²) in [6, 6.07) is 17.3. The minimum atomic E-state index is -2.69. The molecule has 7 nitrogen and oxygen atoms in total. The molecule has 9 heteroatoms. The molecule has 0 fully saturated rings. The number of pyridine rings is 1. The van der Waals surface area contributed by atoms with Crippen molar-refractivity contribution in [2.75, 3.05) is 5.32 Å². The number of aromatic carboxylic acids is 1. The van der Waals surface area contributed by atoms with Gasteiger partial charge in [-0.3, -0.25) is 4.79 Å². The highest BCUT2D eigenvalue weighted by atomic mass is 19.3. The van der Waals surface area contributed by atoms with E-state index < -0.39 is 11.9 Å². The van der Waals surface area contributed by atoms with Crippen molar-refractivity contribution in [2.45, 2.75) is 32.7 Å². The van der Waals surface area contributed by atoms with Gasteiger partial charge in [-0.1, -0.05) is 30.8 Å². The molecule has 5 rings (SSSR count). The number of carboxylic acids is 1. The minimum Gasteiger partial charge on any atom is -0.478 e.